The number of methoxy groups -OCH3 is 1. The van der Waals surface area contributed by atoms with E-state index < -0.39 is 0 Å². The minimum Gasteiger partial charge on any atom is -0.497 e. The molecule has 0 spiro atoms. The molecule has 0 fully saturated rings. The maximum atomic E-state index is 12.2. The molecule has 0 radical (unpaired) electrons. The number of hydrogen-bond acceptors (Lipinski definition) is 2. The first kappa shape index (κ1) is 14.9. The summed E-state index contributed by atoms with van der Waals surface area (Å²) < 4.78 is 5.82. The maximum absolute atomic E-state index is 12.2. The molecule has 2 rings (SSSR count). The van der Waals surface area contributed by atoms with Crippen molar-refractivity contribution >= 4 is 33.4 Å². The second-order valence-corrected chi connectivity index (χ2v) is 5.39. The quantitative estimate of drug-likeness (QED) is 0.900. The Hall–Kier alpha value is -1.52. The van der Waals surface area contributed by atoms with Crippen molar-refractivity contribution in [3.8, 4) is 5.75 Å². The topological polar surface area (TPSA) is 38.3 Å². The lowest BCUT2D eigenvalue weighted by molar-refractivity contribution is 0.0950. The zero-order valence-electron chi connectivity index (χ0n) is 10.8. The highest BCUT2D eigenvalue weighted by Crippen LogP contribution is 2.24. The summed E-state index contributed by atoms with van der Waals surface area (Å²) in [5, 5.41) is 3.26. The van der Waals surface area contributed by atoms with E-state index in [1.807, 2.05) is 24.3 Å². The Labute approximate surface area is 131 Å². The molecule has 0 aliphatic rings. The molecule has 0 atom stereocenters. The zero-order valence-corrected chi connectivity index (χ0v) is 13.2. The number of rotatable bonds is 4. The molecule has 0 aliphatic carbocycles. The summed E-state index contributed by atoms with van der Waals surface area (Å²) in [4.78, 5) is 12.2. The molecule has 0 bridgehead atoms. The first-order chi connectivity index (χ1) is 9.61. The van der Waals surface area contributed by atoms with Crippen LogP contribution in [0.2, 0.25) is 5.02 Å². The van der Waals surface area contributed by atoms with Crippen molar-refractivity contribution in [2.24, 2.45) is 0 Å². The fourth-order valence-electron chi connectivity index (χ4n) is 1.77. The van der Waals surface area contributed by atoms with Crippen molar-refractivity contribution in [2.45, 2.75) is 6.54 Å². The van der Waals surface area contributed by atoms with Gasteiger partial charge in [-0.2, -0.15) is 0 Å². The van der Waals surface area contributed by atoms with Crippen molar-refractivity contribution < 1.29 is 9.53 Å². The largest absolute Gasteiger partial charge is 0.497 e. The van der Waals surface area contributed by atoms with Crippen LogP contribution in [0.3, 0.4) is 0 Å². The number of halogens is 2. The number of hydrogen-bond donors (Lipinski definition) is 1. The number of nitrogens with one attached hydrogen (secondary N) is 1. The first-order valence-electron chi connectivity index (χ1n) is 5.97. The van der Waals surface area contributed by atoms with Crippen LogP contribution < -0.4 is 10.1 Å². The minimum absolute atomic E-state index is 0.217. The van der Waals surface area contributed by atoms with Gasteiger partial charge in [-0.3, -0.25) is 4.79 Å². The van der Waals surface area contributed by atoms with Gasteiger partial charge in [0.25, 0.3) is 5.91 Å². The van der Waals surface area contributed by atoms with Gasteiger partial charge in [0.15, 0.2) is 0 Å². The Morgan fingerprint density at radius 2 is 2.05 bits per heavy atom. The molecule has 2 aromatic rings. The Balaban J connectivity index is 2.09. The van der Waals surface area contributed by atoms with Gasteiger partial charge in [0.05, 0.1) is 17.7 Å². The second-order valence-electron chi connectivity index (χ2n) is 4.13. The average molecular weight is 355 g/mol. The summed E-state index contributed by atoms with van der Waals surface area (Å²) in [5.41, 5.74) is 1.40. The second kappa shape index (κ2) is 6.77. The molecular weight excluding hydrogens is 342 g/mol. The SMILES string of the molecule is COc1cccc(CNC(=O)c2c(Cl)cccc2Br)c1. The smallest absolute Gasteiger partial charge is 0.254 e. The van der Waals surface area contributed by atoms with Gasteiger partial charge in [0, 0.05) is 11.0 Å². The van der Waals surface area contributed by atoms with Crippen LogP contribution in [0.4, 0.5) is 0 Å². The monoisotopic (exact) mass is 353 g/mol. The molecule has 0 aliphatic heterocycles. The van der Waals surface area contributed by atoms with E-state index in [9.17, 15) is 4.79 Å². The Morgan fingerprint density at radius 3 is 2.75 bits per heavy atom. The highest BCUT2D eigenvalue weighted by molar-refractivity contribution is 9.10. The molecule has 0 heterocycles. The molecular formula is C15H13BrClNO2. The van der Waals surface area contributed by atoms with Crippen molar-refractivity contribution in [1.82, 2.24) is 5.32 Å². The molecule has 1 amide bonds. The number of benzene rings is 2. The van der Waals surface area contributed by atoms with E-state index in [2.05, 4.69) is 21.2 Å². The highest BCUT2D eigenvalue weighted by atomic mass is 79.9. The van der Waals surface area contributed by atoms with Crippen LogP contribution in [0, 0.1) is 0 Å². The van der Waals surface area contributed by atoms with Crippen molar-refractivity contribution in [3.05, 3.63) is 63.1 Å². The Bertz CT molecular complexity index is 611. The van der Waals surface area contributed by atoms with Crippen LogP contribution >= 0.6 is 27.5 Å². The van der Waals surface area contributed by atoms with Crippen molar-refractivity contribution in [3.63, 3.8) is 0 Å². The van der Waals surface area contributed by atoms with E-state index in [-0.39, 0.29) is 5.91 Å². The van der Waals surface area contributed by atoms with Crippen LogP contribution in [0.15, 0.2) is 46.9 Å². The molecule has 104 valence electrons. The van der Waals surface area contributed by atoms with Crippen LogP contribution in [0.1, 0.15) is 15.9 Å². The van der Waals surface area contributed by atoms with Gasteiger partial charge in [-0.25, -0.2) is 0 Å². The van der Waals surface area contributed by atoms with Gasteiger partial charge in [0.1, 0.15) is 5.75 Å². The molecule has 0 aromatic heterocycles. The van der Waals surface area contributed by atoms with Gasteiger partial charge in [-0.15, -0.1) is 0 Å². The first-order valence-corrected chi connectivity index (χ1v) is 7.14. The summed E-state index contributed by atoms with van der Waals surface area (Å²) in [7, 11) is 1.61. The van der Waals surface area contributed by atoms with E-state index in [0.29, 0.717) is 21.6 Å². The summed E-state index contributed by atoms with van der Waals surface area (Å²) in [6.45, 7) is 0.410. The van der Waals surface area contributed by atoms with E-state index in [0.717, 1.165) is 11.3 Å². The van der Waals surface area contributed by atoms with E-state index >= 15 is 0 Å². The van der Waals surface area contributed by atoms with E-state index in [4.69, 9.17) is 16.3 Å². The fraction of sp³-hybridized carbons (Fsp3) is 0.133. The maximum Gasteiger partial charge on any atom is 0.254 e. The van der Waals surface area contributed by atoms with E-state index in [1.165, 1.54) is 0 Å². The minimum atomic E-state index is -0.217. The molecule has 1 N–H and O–H groups in total. The predicted octanol–water partition coefficient (Wildman–Crippen LogP) is 4.04. The number of carbonyl (C=O) groups excluding carboxylic acids is 1. The van der Waals surface area contributed by atoms with Gasteiger partial charge in [-0.1, -0.05) is 29.8 Å². The lowest BCUT2D eigenvalue weighted by atomic mass is 10.2. The van der Waals surface area contributed by atoms with Gasteiger partial charge in [-0.05, 0) is 45.8 Å². The Morgan fingerprint density at radius 1 is 1.30 bits per heavy atom. The van der Waals surface area contributed by atoms with Crippen molar-refractivity contribution in [1.29, 1.82) is 0 Å². The third-order valence-electron chi connectivity index (χ3n) is 2.78. The highest BCUT2D eigenvalue weighted by Gasteiger charge is 2.13. The van der Waals surface area contributed by atoms with Gasteiger partial charge < -0.3 is 10.1 Å². The third kappa shape index (κ3) is 3.52. The molecule has 5 heteroatoms. The molecule has 0 saturated heterocycles. The standard InChI is InChI=1S/C15H13BrClNO2/c1-20-11-5-2-4-10(8-11)9-18-15(19)14-12(16)6-3-7-13(14)17/h2-8H,9H2,1H3,(H,18,19). The van der Waals surface area contributed by atoms with Crippen molar-refractivity contribution in [2.75, 3.05) is 7.11 Å². The summed E-state index contributed by atoms with van der Waals surface area (Å²) >= 11 is 9.37. The summed E-state index contributed by atoms with van der Waals surface area (Å²) in [6.07, 6.45) is 0. The summed E-state index contributed by atoms with van der Waals surface area (Å²) in [5.74, 6) is 0.543. The molecule has 0 unspecified atom stereocenters. The van der Waals surface area contributed by atoms with Crippen LogP contribution in [-0.2, 0) is 6.54 Å². The normalized spacial score (nSPS) is 10.2. The average Bonchev–Trinajstić information content (AvgIpc) is 2.45. The number of carbonyl (C=O) groups is 1. The van der Waals surface area contributed by atoms with Crippen LogP contribution in [0.5, 0.6) is 5.75 Å². The summed E-state index contributed by atoms with van der Waals surface area (Å²) in [6, 6.07) is 12.8. The van der Waals surface area contributed by atoms with Gasteiger partial charge in [0.2, 0.25) is 0 Å². The van der Waals surface area contributed by atoms with Gasteiger partial charge >= 0.3 is 0 Å². The van der Waals surface area contributed by atoms with E-state index in [1.54, 1.807) is 25.3 Å². The molecule has 20 heavy (non-hydrogen) atoms. The Kier molecular flexibility index (Phi) is 5.04. The number of amides is 1. The van der Waals surface area contributed by atoms with Crippen LogP contribution in [-0.4, -0.2) is 13.0 Å². The zero-order chi connectivity index (χ0) is 14.5. The lowest BCUT2D eigenvalue weighted by Gasteiger charge is -2.09. The van der Waals surface area contributed by atoms with Crippen LogP contribution in [0.25, 0.3) is 0 Å². The third-order valence-corrected chi connectivity index (χ3v) is 3.75. The predicted molar refractivity (Wildman–Crippen MR) is 83.3 cm³/mol. The lowest BCUT2D eigenvalue weighted by Crippen LogP contribution is -2.23. The molecule has 3 nitrogen and oxygen atoms in total. The number of ether oxygens (including phenoxy) is 1. The molecule has 2 aromatic carbocycles. The molecule has 0 saturated carbocycles. The fourth-order valence-corrected chi connectivity index (χ4v) is 2.69.